The molecule has 108 valence electrons. The van der Waals surface area contributed by atoms with Gasteiger partial charge in [-0.25, -0.2) is 9.88 Å². The topological polar surface area (TPSA) is 79.0 Å². The highest BCUT2D eigenvalue weighted by Gasteiger charge is 2.38. The Hall–Kier alpha value is -2.00. The monoisotopic (exact) mass is 424 g/mol. The van der Waals surface area contributed by atoms with Crippen molar-refractivity contribution in [3.8, 4) is 0 Å². The molecule has 1 aliphatic rings. The molecule has 0 saturated carbocycles. The fourth-order valence-corrected chi connectivity index (χ4v) is 3.65. The minimum absolute atomic E-state index is 0.245. The van der Waals surface area contributed by atoms with E-state index in [2.05, 4.69) is 37.8 Å². The zero-order valence-corrected chi connectivity index (χ0v) is 13.7. The number of nitrogens with one attached hydrogen (secondary N) is 1. The van der Waals surface area contributed by atoms with Gasteiger partial charge in [-0.05, 0) is 40.8 Å². The maximum Gasteiger partial charge on any atom is 0.267 e. The molecule has 1 N–H and O–H groups in total. The number of anilines is 1. The number of amides is 2. The van der Waals surface area contributed by atoms with Crippen LogP contribution in [0.2, 0.25) is 5.15 Å². The lowest BCUT2D eigenvalue weighted by molar-refractivity contribution is 0.0925. The molecule has 0 unspecified atom stereocenters. The second kappa shape index (κ2) is 4.75. The minimum atomic E-state index is -0.389. The van der Waals surface area contributed by atoms with Crippen LogP contribution in [0.1, 0.15) is 20.7 Å². The predicted molar refractivity (Wildman–Crippen MR) is 89.2 cm³/mol. The largest absolute Gasteiger partial charge is 0.268 e. The molecule has 1 aromatic carbocycles. The van der Waals surface area contributed by atoms with Gasteiger partial charge in [0.1, 0.15) is 5.15 Å². The number of hydrogen-bond acceptors (Lipinski definition) is 4. The summed E-state index contributed by atoms with van der Waals surface area (Å²) in [5.41, 5.74) is 1.18. The first kappa shape index (κ1) is 13.6. The van der Waals surface area contributed by atoms with E-state index < -0.39 is 0 Å². The summed E-state index contributed by atoms with van der Waals surface area (Å²) in [5.74, 6) is -0.533. The second-order valence-corrected chi connectivity index (χ2v) is 6.24. The van der Waals surface area contributed by atoms with Crippen molar-refractivity contribution >= 4 is 62.9 Å². The molecule has 2 aromatic heterocycles. The Balaban J connectivity index is 1.95. The SMILES string of the molecule is O=C1c2ccccc2C(=O)N1c1n[nH]c2nc(Cl)cc(I)c12. The molecular weight excluding hydrogens is 419 g/mol. The van der Waals surface area contributed by atoms with Crippen LogP contribution in [0.3, 0.4) is 0 Å². The first-order valence-electron chi connectivity index (χ1n) is 6.26. The van der Waals surface area contributed by atoms with E-state index in [1.54, 1.807) is 30.3 Å². The van der Waals surface area contributed by atoms with Gasteiger partial charge < -0.3 is 0 Å². The zero-order chi connectivity index (χ0) is 15.4. The first-order valence-corrected chi connectivity index (χ1v) is 7.71. The maximum atomic E-state index is 12.5. The Morgan fingerprint density at radius 2 is 1.77 bits per heavy atom. The third-order valence-electron chi connectivity index (χ3n) is 3.44. The van der Waals surface area contributed by atoms with Gasteiger partial charge in [-0.15, -0.1) is 0 Å². The second-order valence-electron chi connectivity index (χ2n) is 4.69. The molecule has 1 aliphatic heterocycles. The Morgan fingerprint density at radius 1 is 1.14 bits per heavy atom. The van der Waals surface area contributed by atoms with E-state index in [0.29, 0.717) is 27.3 Å². The Bertz CT molecular complexity index is 934. The molecule has 8 heteroatoms. The zero-order valence-electron chi connectivity index (χ0n) is 10.8. The third-order valence-corrected chi connectivity index (χ3v) is 4.48. The van der Waals surface area contributed by atoms with Gasteiger partial charge in [-0.3, -0.25) is 14.7 Å². The van der Waals surface area contributed by atoms with Crippen LogP contribution in [-0.2, 0) is 0 Å². The molecule has 0 radical (unpaired) electrons. The first-order chi connectivity index (χ1) is 10.6. The summed E-state index contributed by atoms with van der Waals surface area (Å²) in [7, 11) is 0. The highest BCUT2D eigenvalue weighted by Crippen LogP contribution is 2.34. The Labute approximate surface area is 142 Å². The number of carbonyl (C=O) groups excluding carboxylic acids is 2. The van der Waals surface area contributed by atoms with Gasteiger partial charge >= 0.3 is 0 Å². The van der Waals surface area contributed by atoms with Crippen LogP contribution in [-0.4, -0.2) is 27.0 Å². The number of carbonyl (C=O) groups is 2. The van der Waals surface area contributed by atoms with E-state index in [-0.39, 0.29) is 17.6 Å². The van der Waals surface area contributed by atoms with Crippen molar-refractivity contribution in [3.63, 3.8) is 0 Å². The van der Waals surface area contributed by atoms with E-state index >= 15 is 0 Å². The smallest absolute Gasteiger partial charge is 0.267 e. The number of rotatable bonds is 1. The van der Waals surface area contributed by atoms with Gasteiger partial charge in [-0.1, -0.05) is 23.7 Å². The summed E-state index contributed by atoms with van der Waals surface area (Å²) in [6, 6.07) is 8.36. The summed E-state index contributed by atoms with van der Waals surface area (Å²) >= 11 is 7.98. The van der Waals surface area contributed by atoms with Gasteiger partial charge in [0.25, 0.3) is 11.8 Å². The predicted octanol–water partition coefficient (Wildman–Crippen LogP) is 3.02. The van der Waals surface area contributed by atoms with Crippen LogP contribution in [0.25, 0.3) is 11.0 Å². The number of H-pyrrole nitrogens is 1. The molecule has 0 aliphatic carbocycles. The van der Waals surface area contributed by atoms with E-state index in [0.717, 1.165) is 8.47 Å². The van der Waals surface area contributed by atoms with Gasteiger partial charge in [0.05, 0.1) is 16.5 Å². The average Bonchev–Trinajstić information content (AvgIpc) is 3.00. The molecule has 2 amide bonds. The molecule has 22 heavy (non-hydrogen) atoms. The molecule has 4 rings (SSSR count). The van der Waals surface area contributed by atoms with Gasteiger partial charge in [0, 0.05) is 3.57 Å². The van der Waals surface area contributed by atoms with E-state index in [1.165, 1.54) is 0 Å². The van der Waals surface area contributed by atoms with Crippen LogP contribution in [0.15, 0.2) is 30.3 Å². The van der Waals surface area contributed by atoms with Crippen molar-refractivity contribution in [3.05, 3.63) is 50.2 Å². The van der Waals surface area contributed by atoms with E-state index in [4.69, 9.17) is 11.6 Å². The lowest BCUT2D eigenvalue weighted by atomic mass is 10.1. The highest BCUT2D eigenvalue weighted by molar-refractivity contribution is 14.1. The van der Waals surface area contributed by atoms with Crippen LogP contribution < -0.4 is 4.90 Å². The van der Waals surface area contributed by atoms with Gasteiger partial charge in [0.15, 0.2) is 11.5 Å². The number of pyridine rings is 1. The molecule has 0 bridgehead atoms. The maximum absolute atomic E-state index is 12.5. The van der Waals surface area contributed by atoms with Gasteiger partial charge in [-0.2, -0.15) is 5.10 Å². The molecule has 0 fully saturated rings. The molecule has 3 aromatic rings. The fourth-order valence-electron chi connectivity index (χ4n) is 2.48. The van der Waals surface area contributed by atoms with Crippen molar-refractivity contribution in [2.75, 3.05) is 4.90 Å². The Kier molecular flexibility index (Phi) is 2.95. The molecule has 6 nitrogen and oxygen atoms in total. The molecule has 3 heterocycles. The van der Waals surface area contributed by atoms with Crippen molar-refractivity contribution in [2.45, 2.75) is 0 Å². The summed E-state index contributed by atoms with van der Waals surface area (Å²) in [6.07, 6.45) is 0. The standard InChI is InChI=1S/C14H6ClIN4O2/c15-9-5-8(16)10-11(17-9)18-19-12(10)20-13(21)6-3-1-2-4-7(6)14(20)22/h1-5H,(H,17,18,19). The number of benzene rings is 1. The van der Waals surface area contributed by atoms with Crippen molar-refractivity contribution in [1.82, 2.24) is 15.2 Å². The van der Waals surface area contributed by atoms with Gasteiger partial charge in [0.2, 0.25) is 0 Å². The molecule has 0 spiro atoms. The number of imide groups is 1. The van der Waals surface area contributed by atoms with Crippen molar-refractivity contribution in [2.24, 2.45) is 0 Å². The molecule has 0 atom stereocenters. The average molecular weight is 425 g/mol. The minimum Gasteiger partial charge on any atom is -0.268 e. The summed E-state index contributed by atoms with van der Waals surface area (Å²) in [4.78, 5) is 30.3. The molecular formula is C14H6ClIN4O2. The number of nitrogens with zero attached hydrogens (tertiary/aromatic N) is 3. The van der Waals surface area contributed by atoms with Crippen LogP contribution in [0.4, 0.5) is 5.82 Å². The highest BCUT2D eigenvalue weighted by atomic mass is 127. The quantitative estimate of drug-likeness (QED) is 0.370. The lowest BCUT2D eigenvalue weighted by Crippen LogP contribution is -2.30. The Morgan fingerprint density at radius 3 is 2.41 bits per heavy atom. The normalized spacial score (nSPS) is 14.0. The van der Waals surface area contributed by atoms with Crippen LogP contribution >= 0.6 is 34.2 Å². The number of fused-ring (bicyclic) bond motifs is 2. The summed E-state index contributed by atoms with van der Waals surface area (Å²) < 4.78 is 0.757. The number of halogens is 2. The fraction of sp³-hybridized carbons (Fsp3) is 0. The number of aromatic amines is 1. The third kappa shape index (κ3) is 1.78. The van der Waals surface area contributed by atoms with Crippen LogP contribution in [0.5, 0.6) is 0 Å². The summed E-state index contributed by atoms with van der Waals surface area (Å²) in [6.45, 7) is 0. The lowest BCUT2D eigenvalue weighted by Gasteiger charge is -2.11. The number of hydrogen-bond donors (Lipinski definition) is 1. The number of aromatic nitrogens is 3. The van der Waals surface area contributed by atoms with Crippen molar-refractivity contribution < 1.29 is 9.59 Å². The van der Waals surface area contributed by atoms with E-state index in [9.17, 15) is 9.59 Å². The van der Waals surface area contributed by atoms with Crippen LogP contribution in [0, 0.1) is 3.57 Å². The summed E-state index contributed by atoms with van der Waals surface area (Å²) in [5, 5.41) is 7.73. The molecule has 0 saturated heterocycles. The van der Waals surface area contributed by atoms with Crippen molar-refractivity contribution in [1.29, 1.82) is 0 Å². The van der Waals surface area contributed by atoms with E-state index in [1.807, 2.05) is 0 Å².